The summed E-state index contributed by atoms with van der Waals surface area (Å²) in [7, 11) is 4.04. The molecule has 0 bridgehead atoms. The van der Waals surface area contributed by atoms with Crippen LogP contribution in [-0.2, 0) is 6.54 Å². The number of carbonyl (C=O) groups is 1. The highest BCUT2D eigenvalue weighted by Gasteiger charge is 2.08. The van der Waals surface area contributed by atoms with E-state index in [1.807, 2.05) is 44.4 Å². The quantitative estimate of drug-likeness (QED) is 0.801. The van der Waals surface area contributed by atoms with Crippen LogP contribution in [0.2, 0.25) is 0 Å². The highest BCUT2D eigenvalue weighted by Crippen LogP contribution is 2.21. The molecular weight excluding hydrogens is 396 g/mol. The van der Waals surface area contributed by atoms with E-state index in [4.69, 9.17) is 0 Å². The van der Waals surface area contributed by atoms with Crippen LogP contribution in [-0.4, -0.2) is 24.9 Å². The molecule has 0 aliphatic heterocycles. The number of benzene rings is 2. The zero-order chi connectivity index (χ0) is 15.4. The minimum absolute atomic E-state index is 0.126. The second-order valence-corrected chi connectivity index (χ2v) is 6.88. The lowest BCUT2D eigenvalue weighted by Gasteiger charge is -2.11. The first-order valence-corrected chi connectivity index (χ1v) is 8.04. The molecule has 21 heavy (non-hydrogen) atoms. The van der Waals surface area contributed by atoms with Crippen LogP contribution in [0, 0.1) is 0 Å². The highest BCUT2D eigenvalue weighted by molar-refractivity contribution is 9.11. The molecule has 0 heterocycles. The largest absolute Gasteiger partial charge is 0.322 e. The summed E-state index contributed by atoms with van der Waals surface area (Å²) in [6.07, 6.45) is 0. The van der Waals surface area contributed by atoms with Gasteiger partial charge in [0.25, 0.3) is 5.91 Å². The predicted molar refractivity (Wildman–Crippen MR) is 93.6 cm³/mol. The van der Waals surface area contributed by atoms with Crippen LogP contribution in [0.1, 0.15) is 15.9 Å². The normalized spacial score (nSPS) is 10.7. The molecule has 5 heteroatoms. The van der Waals surface area contributed by atoms with E-state index in [2.05, 4.69) is 42.1 Å². The molecule has 0 radical (unpaired) electrons. The van der Waals surface area contributed by atoms with Crippen LogP contribution >= 0.6 is 31.9 Å². The first-order chi connectivity index (χ1) is 9.94. The second kappa shape index (κ2) is 7.20. The zero-order valence-corrected chi connectivity index (χ0v) is 15.0. The van der Waals surface area contributed by atoms with Crippen LogP contribution in [0.15, 0.2) is 51.4 Å². The van der Waals surface area contributed by atoms with Gasteiger partial charge in [0.2, 0.25) is 0 Å². The van der Waals surface area contributed by atoms with Crippen molar-refractivity contribution in [2.45, 2.75) is 6.54 Å². The van der Waals surface area contributed by atoms with Crippen molar-refractivity contribution in [2.24, 2.45) is 0 Å². The van der Waals surface area contributed by atoms with Crippen LogP contribution in [0.5, 0.6) is 0 Å². The predicted octanol–water partition coefficient (Wildman–Crippen LogP) is 4.53. The third kappa shape index (κ3) is 4.95. The zero-order valence-electron chi connectivity index (χ0n) is 11.9. The maximum absolute atomic E-state index is 12.3. The summed E-state index contributed by atoms with van der Waals surface area (Å²) >= 11 is 6.78. The van der Waals surface area contributed by atoms with E-state index in [1.54, 1.807) is 12.1 Å². The molecular formula is C16H16Br2N2O. The lowest BCUT2D eigenvalue weighted by atomic mass is 10.1. The third-order valence-corrected chi connectivity index (χ3v) is 3.72. The Labute approximate surface area is 141 Å². The molecule has 3 nitrogen and oxygen atoms in total. The van der Waals surface area contributed by atoms with Gasteiger partial charge < -0.3 is 10.2 Å². The van der Waals surface area contributed by atoms with Crippen LogP contribution in [0.3, 0.4) is 0 Å². The number of carbonyl (C=O) groups excluding carboxylic acids is 1. The van der Waals surface area contributed by atoms with Crippen LogP contribution in [0.25, 0.3) is 0 Å². The fourth-order valence-electron chi connectivity index (χ4n) is 2.00. The standard InChI is InChI=1S/C16H16Br2N2O/c1-20(2)10-11-4-3-5-15(6-11)19-16(21)12-7-13(17)9-14(18)8-12/h3-9H,10H2,1-2H3,(H,19,21). The Morgan fingerprint density at radius 2 is 1.76 bits per heavy atom. The second-order valence-electron chi connectivity index (χ2n) is 5.05. The number of rotatable bonds is 4. The topological polar surface area (TPSA) is 32.3 Å². The van der Waals surface area contributed by atoms with E-state index < -0.39 is 0 Å². The van der Waals surface area contributed by atoms with Crippen LogP contribution < -0.4 is 5.32 Å². The fourth-order valence-corrected chi connectivity index (χ4v) is 3.29. The number of hydrogen-bond donors (Lipinski definition) is 1. The van der Waals surface area contributed by atoms with Gasteiger partial charge in [-0.25, -0.2) is 0 Å². The Hall–Kier alpha value is -1.17. The van der Waals surface area contributed by atoms with Crippen molar-refractivity contribution in [2.75, 3.05) is 19.4 Å². The minimum atomic E-state index is -0.126. The summed E-state index contributed by atoms with van der Waals surface area (Å²) in [6.45, 7) is 0.839. The highest BCUT2D eigenvalue weighted by atomic mass is 79.9. The summed E-state index contributed by atoms with van der Waals surface area (Å²) in [5, 5.41) is 2.93. The number of anilines is 1. The number of amides is 1. The summed E-state index contributed by atoms with van der Waals surface area (Å²) in [5.74, 6) is -0.126. The van der Waals surface area contributed by atoms with Gasteiger partial charge in [0.15, 0.2) is 0 Å². The van der Waals surface area contributed by atoms with Gasteiger partial charge in [0.05, 0.1) is 0 Å². The smallest absolute Gasteiger partial charge is 0.255 e. The van der Waals surface area contributed by atoms with Gasteiger partial charge in [0.1, 0.15) is 0 Å². The molecule has 2 aromatic carbocycles. The monoisotopic (exact) mass is 410 g/mol. The molecule has 0 saturated heterocycles. The summed E-state index contributed by atoms with van der Waals surface area (Å²) in [4.78, 5) is 14.4. The van der Waals surface area contributed by atoms with Crippen molar-refractivity contribution in [3.05, 3.63) is 62.5 Å². The first kappa shape index (κ1) is 16.2. The Morgan fingerprint density at radius 1 is 1.10 bits per heavy atom. The van der Waals surface area contributed by atoms with Gasteiger partial charge >= 0.3 is 0 Å². The maximum atomic E-state index is 12.3. The fraction of sp³-hybridized carbons (Fsp3) is 0.188. The lowest BCUT2D eigenvalue weighted by Crippen LogP contribution is -2.13. The summed E-state index contributed by atoms with van der Waals surface area (Å²) in [5.41, 5.74) is 2.57. The number of nitrogens with zero attached hydrogens (tertiary/aromatic N) is 1. The molecule has 0 aliphatic carbocycles. The molecule has 1 amide bonds. The molecule has 2 aromatic rings. The molecule has 1 N–H and O–H groups in total. The Kier molecular flexibility index (Phi) is 5.56. The van der Waals surface area contributed by atoms with Gasteiger partial charge in [0, 0.05) is 26.7 Å². The molecule has 110 valence electrons. The van der Waals surface area contributed by atoms with E-state index in [0.29, 0.717) is 5.56 Å². The SMILES string of the molecule is CN(C)Cc1cccc(NC(=O)c2cc(Br)cc(Br)c2)c1. The van der Waals surface area contributed by atoms with E-state index in [-0.39, 0.29) is 5.91 Å². The van der Waals surface area contributed by atoms with Crippen molar-refractivity contribution >= 4 is 43.5 Å². The van der Waals surface area contributed by atoms with E-state index in [0.717, 1.165) is 26.7 Å². The maximum Gasteiger partial charge on any atom is 0.255 e. The minimum Gasteiger partial charge on any atom is -0.322 e. The molecule has 0 saturated carbocycles. The Bertz CT molecular complexity index is 636. The number of halogens is 2. The molecule has 0 aromatic heterocycles. The van der Waals surface area contributed by atoms with E-state index in [9.17, 15) is 4.79 Å². The van der Waals surface area contributed by atoms with Gasteiger partial charge in [-0.1, -0.05) is 44.0 Å². The molecule has 2 rings (SSSR count). The van der Waals surface area contributed by atoms with E-state index >= 15 is 0 Å². The molecule has 0 unspecified atom stereocenters. The van der Waals surface area contributed by atoms with Crippen LogP contribution in [0.4, 0.5) is 5.69 Å². The number of nitrogens with one attached hydrogen (secondary N) is 1. The van der Waals surface area contributed by atoms with Crippen molar-refractivity contribution in [3.8, 4) is 0 Å². The van der Waals surface area contributed by atoms with E-state index in [1.165, 1.54) is 0 Å². The lowest BCUT2D eigenvalue weighted by molar-refractivity contribution is 0.102. The van der Waals surface area contributed by atoms with Gasteiger partial charge in [-0.2, -0.15) is 0 Å². The molecule has 0 atom stereocenters. The average molecular weight is 412 g/mol. The molecule has 0 spiro atoms. The average Bonchev–Trinajstić information content (AvgIpc) is 2.37. The van der Waals surface area contributed by atoms with Crippen molar-refractivity contribution in [1.29, 1.82) is 0 Å². The Balaban J connectivity index is 2.15. The van der Waals surface area contributed by atoms with Crippen molar-refractivity contribution < 1.29 is 4.79 Å². The molecule has 0 aliphatic rings. The molecule has 0 fully saturated rings. The van der Waals surface area contributed by atoms with Crippen molar-refractivity contribution in [1.82, 2.24) is 4.90 Å². The first-order valence-electron chi connectivity index (χ1n) is 6.45. The van der Waals surface area contributed by atoms with Gasteiger partial charge in [-0.05, 0) is 50.0 Å². The third-order valence-electron chi connectivity index (χ3n) is 2.81. The summed E-state index contributed by atoms with van der Waals surface area (Å²) in [6, 6.07) is 13.4. The van der Waals surface area contributed by atoms with Crippen molar-refractivity contribution in [3.63, 3.8) is 0 Å². The van der Waals surface area contributed by atoms with Gasteiger partial charge in [-0.3, -0.25) is 4.79 Å². The Morgan fingerprint density at radius 3 is 2.38 bits per heavy atom. The number of hydrogen-bond acceptors (Lipinski definition) is 2. The summed E-state index contributed by atoms with van der Waals surface area (Å²) < 4.78 is 1.73. The van der Waals surface area contributed by atoms with Gasteiger partial charge in [-0.15, -0.1) is 0 Å².